The van der Waals surface area contributed by atoms with Crippen molar-refractivity contribution in [3.05, 3.63) is 10.6 Å². The first-order valence-corrected chi connectivity index (χ1v) is 7.60. The van der Waals surface area contributed by atoms with E-state index in [-0.39, 0.29) is 11.5 Å². The lowest BCUT2D eigenvalue weighted by atomic mass is 9.85. The predicted molar refractivity (Wildman–Crippen MR) is 81.3 cm³/mol. The Morgan fingerprint density at radius 3 is 2.65 bits per heavy atom. The molecule has 112 valence electrons. The quantitative estimate of drug-likeness (QED) is 0.865. The summed E-state index contributed by atoms with van der Waals surface area (Å²) in [5, 5.41) is 3.97. The van der Waals surface area contributed by atoms with Gasteiger partial charge in [-0.1, -0.05) is 25.2 Å². The molecule has 0 unspecified atom stereocenters. The van der Waals surface area contributed by atoms with E-state index in [2.05, 4.69) is 24.1 Å². The topological polar surface area (TPSA) is 54.5 Å². The largest absolute Gasteiger partial charge is 0.444 e. The monoisotopic (exact) mass is 297 g/mol. The van der Waals surface area contributed by atoms with Gasteiger partial charge in [0.05, 0.1) is 12.2 Å². The molecule has 1 aromatic rings. The lowest BCUT2D eigenvalue weighted by molar-refractivity contribution is 0.0175. The van der Waals surface area contributed by atoms with Gasteiger partial charge in [-0.3, -0.25) is 0 Å². The van der Waals surface area contributed by atoms with Crippen molar-refractivity contribution in [3.8, 4) is 0 Å². The molecule has 1 aliphatic heterocycles. The van der Waals surface area contributed by atoms with Crippen LogP contribution in [0.15, 0.2) is 0 Å². The Balaban J connectivity index is 2.23. The summed E-state index contributed by atoms with van der Waals surface area (Å²) in [6, 6.07) is 0. The molecule has 2 rings (SSSR count). The average Bonchev–Trinajstić information content (AvgIpc) is 2.70. The van der Waals surface area contributed by atoms with Crippen LogP contribution in [0.5, 0.6) is 0 Å². The van der Waals surface area contributed by atoms with Crippen LogP contribution < -0.4 is 5.32 Å². The van der Waals surface area contributed by atoms with Crippen LogP contribution in [0.25, 0.3) is 0 Å². The van der Waals surface area contributed by atoms with E-state index in [1.165, 1.54) is 0 Å². The van der Waals surface area contributed by atoms with Crippen LogP contribution in [0.3, 0.4) is 0 Å². The SMILES string of the molecule is CNc1nc2c(s1)CN(C(=O)OC(C)(C)C)CC2(C)C. The molecular weight excluding hydrogens is 274 g/mol. The van der Waals surface area contributed by atoms with E-state index in [1.54, 1.807) is 16.2 Å². The Morgan fingerprint density at radius 1 is 1.45 bits per heavy atom. The number of aromatic nitrogens is 1. The molecule has 0 atom stereocenters. The molecular formula is C14H23N3O2S. The molecule has 6 heteroatoms. The molecule has 0 fully saturated rings. The molecule has 5 nitrogen and oxygen atoms in total. The van der Waals surface area contributed by atoms with Gasteiger partial charge in [0.25, 0.3) is 0 Å². The van der Waals surface area contributed by atoms with E-state index in [0.29, 0.717) is 13.1 Å². The number of carbonyl (C=O) groups is 1. The number of nitrogens with one attached hydrogen (secondary N) is 1. The van der Waals surface area contributed by atoms with Crippen LogP contribution in [-0.4, -0.2) is 35.2 Å². The van der Waals surface area contributed by atoms with Crippen molar-refractivity contribution >= 4 is 22.6 Å². The van der Waals surface area contributed by atoms with Gasteiger partial charge < -0.3 is 15.0 Å². The van der Waals surface area contributed by atoms with Crippen molar-refractivity contribution in [1.29, 1.82) is 0 Å². The number of carbonyl (C=O) groups excluding carboxylic acids is 1. The van der Waals surface area contributed by atoms with E-state index >= 15 is 0 Å². The summed E-state index contributed by atoms with van der Waals surface area (Å²) in [7, 11) is 1.86. The van der Waals surface area contributed by atoms with Crippen LogP contribution in [-0.2, 0) is 16.7 Å². The fourth-order valence-electron chi connectivity index (χ4n) is 2.33. The number of hydrogen-bond donors (Lipinski definition) is 1. The molecule has 20 heavy (non-hydrogen) atoms. The van der Waals surface area contributed by atoms with Gasteiger partial charge in [-0.15, -0.1) is 0 Å². The van der Waals surface area contributed by atoms with Crippen molar-refractivity contribution in [3.63, 3.8) is 0 Å². The number of thiazole rings is 1. The van der Waals surface area contributed by atoms with E-state index < -0.39 is 5.60 Å². The Morgan fingerprint density at radius 2 is 2.10 bits per heavy atom. The van der Waals surface area contributed by atoms with Gasteiger partial charge in [0.2, 0.25) is 0 Å². The molecule has 0 aromatic carbocycles. The molecule has 1 amide bonds. The second kappa shape index (κ2) is 4.91. The molecule has 0 spiro atoms. The first kappa shape index (κ1) is 15.1. The molecule has 1 aliphatic rings. The molecule has 2 heterocycles. The number of amides is 1. The highest BCUT2D eigenvalue weighted by Crippen LogP contribution is 2.38. The molecule has 0 saturated heterocycles. The summed E-state index contributed by atoms with van der Waals surface area (Å²) in [4.78, 5) is 19.8. The van der Waals surface area contributed by atoms with Crippen LogP contribution in [0.1, 0.15) is 45.2 Å². The van der Waals surface area contributed by atoms with Crippen molar-refractivity contribution in [2.24, 2.45) is 0 Å². The van der Waals surface area contributed by atoms with E-state index in [9.17, 15) is 4.79 Å². The maximum Gasteiger partial charge on any atom is 0.410 e. The van der Waals surface area contributed by atoms with Crippen molar-refractivity contribution in [2.45, 2.75) is 52.2 Å². The van der Waals surface area contributed by atoms with Gasteiger partial charge in [-0.05, 0) is 20.8 Å². The number of hydrogen-bond acceptors (Lipinski definition) is 5. The minimum atomic E-state index is -0.467. The van der Waals surface area contributed by atoms with Crippen molar-refractivity contribution in [2.75, 3.05) is 18.9 Å². The zero-order valence-corrected chi connectivity index (χ0v) is 13.8. The summed E-state index contributed by atoms with van der Waals surface area (Å²) in [6.07, 6.45) is -0.254. The van der Waals surface area contributed by atoms with Crippen LogP contribution in [0.4, 0.5) is 9.93 Å². The highest BCUT2D eigenvalue weighted by Gasteiger charge is 2.38. The van der Waals surface area contributed by atoms with Gasteiger partial charge in [0.1, 0.15) is 5.60 Å². The predicted octanol–water partition coefficient (Wildman–Crippen LogP) is 3.21. The molecule has 0 bridgehead atoms. The molecule has 0 saturated carbocycles. The second-order valence-electron chi connectivity index (χ2n) is 6.76. The number of nitrogens with zero attached hydrogens (tertiary/aromatic N) is 2. The fourth-order valence-corrected chi connectivity index (χ4v) is 3.44. The normalized spacial score (nSPS) is 17.6. The van der Waals surface area contributed by atoms with Crippen molar-refractivity contribution in [1.82, 2.24) is 9.88 Å². The van der Waals surface area contributed by atoms with Crippen LogP contribution in [0.2, 0.25) is 0 Å². The Hall–Kier alpha value is -1.30. The average molecular weight is 297 g/mol. The zero-order valence-electron chi connectivity index (χ0n) is 13.0. The van der Waals surface area contributed by atoms with Crippen molar-refractivity contribution < 1.29 is 9.53 Å². The maximum absolute atomic E-state index is 12.3. The lowest BCUT2D eigenvalue weighted by Gasteiger charge is -2.37. The smallest absolute Gasteiger partial charge is 0.410 e. The summed E-state index contributed by atoms with van der Waals surface area (Å²) in [6.45, 7) is 11.1. The van der Waals surface area contributed by atoms with E-state index in [1.807, 2.05) is 27.8 Å². The third-order valence-electron chi connectivity index (χ3n) is 3.12. The standard InChI is InChI=1S/C14H23N3O2S/c1-13(2,3)19-12(18)17-7-9-10(14(4,5)8-17)16-11(15-6)20-9/h7-8H2,1-6H3,(H,15,16). The Labute approximate surface area is 124 Å². The number of fused-ring (bicyclic) bond motifs is 1. The third kappa shape index (κ3) is 3.06. The first-order chi connectivity index (χ1) is 9.12. The second-order valence-corrected chi connectivity index (χ2v) is 7.84. The maximum atomic E-state index is 12.3. The summed E-state index contributed by atoms with van der Waals surface area (Å²) in [5.74, 6) is 0. The van der Waals surface area contributed by atoms with Gasteiger partial charge in [-0.2, -0.15) is 0 Å². The van der Waals surface area contributed by atoms with Gasteiger partial charge in [0.15, 0.2) is 5.13 Å². The van der Waals surface area contributed by atoms with Gasteiger partial charge in [0, 0.05) is 23.9 Å². The Kier molecular flexibility index (Phi) is 3.71. The summed E-state index contributed by atoms with van der Waals surface area (Å²) >= 11 is 1.61. The highest BCUT2D eigenvalue weighted by atomic mass is 32.1. The minimum Gasteiger partial charge on any atom is -0.444 e. The van der Waals surface area contributed by atoms with Gasteiger partial charge in [-0.25, -0.2) is 9.78 Å². The number of rotatable bonds is 1. The molecule has 0 radical (unpaired) electrons. The molecule has 0 aliphatic carbocycles. The van der Waals surface area contributed by atoms with E-state index in [0.717, 1.165) is 15.7 Å². The van der Waals surface area contributed by atoms with Gasteiger partial charge >= 0.3 is 6.09 Å². The lowest BCUT2D eigenvalue weighted by Crippen LogP contribution is -2.46. The van der Waals surface area contributed by atoms with Crippen LogP contribution >= 0.6 is 11.3 Å². The van der Waals surface area contributed by atoms with E-state index in [4.69, 9.17) is 4.74 Å². The highest BCUT2D eigenvalue weighted by molar-refractivity contribution is 7.15. The molecule has 1 N–H and O–H groups in total. The van der Waals surface area contributed by atoms with Crippen LogP contribution in [0, 0.1) is 0 Å². The third-order valence-corrected chi connectivity index (χ3v) is 4.18. The summed E-state index contributed by atoms with van der Waals surface area (Å²) < 4.78 is 5.47. The summed E-state index contributed by atoms with van der Waals surface area (Å²) in [5.41, 5.74) is 0.466. The number of anilines is 1. The number of ether oxygens (including phenoxy) is 1. The first-order valence-electron chi connectivity index (χ1n) is 6.78. The minimum absolute atomic E-state index is 0.157. The zero-order chi connectivity index (χ0) is 15.1. The fraction of sp³-hybridized carbons (Fsp3) is 0.714. The molecule has 1 aromatic heterocycles. The Bertz CT molecular complexity index is 517.